The molecule has 1 aromatic heterocycles. The lowest BCUT2D eigenvalue weighted by Gasteiger charge is -2.07. The molecule has 0 saturated heterocycles. The first kappa shape index (κ1) is 13.2. The largest absolute Gasteiger partial charge is 0.423 e. The summed E-state index contributed by atoms with van der Waals surface area (Å²) in [4.78, 5) is 11.3. The Morgan fingerprint density at radius 3 is 2.71 bits per heavy atom. The summed E-state index contributed by atoms with van der Waals surface area (Å²) >= 11 is 0. The van der Waals surface area contributed by atoms with Crippen LogP contribution in [0.1, 0.15) is 5.56 Å². The van der Waals surface area contributed by atoms with E-state index in [1.54, 1.807) is 6.07 Å². The van der Waals surface area contributed by atoms with Crippen LogP contribution in [0.5, 0.6) is 5.75 Å². The molecule has 3 rings (SSSR count). The molecule has 0 spiro atoms. The number of benzene rings is 2. The van der Waals surface area contributed by atoms with Gasteiger partial charge in [-0.1, -0.05) is 36.9 Å². The molecular formula is C18H15NO2. The molecule has 0 fully saturated rings. The number of rotatable bonds is 4. The third-order valence-electron chi connectivity index (χ3n) is 3.33. The average molecular weight is 277 g/mol. The van der Waals surface area contributed by atoms with Crippen LogP contribution in [0.4, 0.5) is 0 Å². The van der Waals surface area contributed by atoms with Crippen molar-refractivity contribution in [1.29, 1.82) is 0 Å². The minimum absolute atomic E-state index is 0.449. The van der Waals surface area contributed by atoms with Crippen LogP contribution in [-0.4, -0.2) is 10.5 Å². The second kappa shape index (κ2) is 5.67. The molecule has 0 atom stereocenters. The van der Waals surface area contributed by atoms with Crippen molar-refractivity contribution < 1.29 is 9.53 Å². The zero-order valence-corrected chi connectivity index (χ0v) is 11.5. The van der Waals surface area contributed by atoms with E-state index in [1.807, 2.05) is 36.5 Å². The van der Waals surface area contributed by atoms with E-state index in [1.165, 1.54) is 5.56 Å². The SMILES string of the molecule is C=CC(=O)Oc1ccc2ccn(Cc3ccccc3)c2c1. The highest BCUT2D eigenvalue weighted by atomic mass is 16.5. The topological polar surface area (TPSA) is 31.2 Å². The highest BCUT2D eigenvalue weighted by molar-refractivity contribution is 5.86. The maximum Gasteiger partial charge on any atom is 0.335 e. The molecule has 2 aromatic carbocycles. The minimum Gasteiger partial charge on any atom is -0.423 e. The van der Waals surface area contributed by atoms with Crippen molar-refractivity contribution >= 4 is 16.9 Å². The standard InChI is InChI=1S/C18H15NO2/c1-2-18(20)21-16-9-8-15-10-11-19(17(15)12-16)13-14-6-4-3-5-7-14/h2-12H,1,13H2. The number of esters is 1. The first-order valence-electron chi connectivity index (χ1n) is 6.73. The first-order chi connectivity index (χ1) is 10.3. The molecule has 3 nitrogen and oxygen atoms in total. The first-order valence-corrected chi connectivity index (χ1v) is 6.73. The van der Waals surface area contributed by atoms with E-state index in [2.05, 4.69) is 29.3 Å². The Bertz CT molecular complexity index is 787. The summed E-state index contributed by atoms with van der Waals surface area (Å²) in [6, 6.07) is 17.9. The predicted octanol–water partition coefficient (Wildman–Crippen LogP) is 3.78. The molecule has 0 unspecified atom stereocenters. The third kappa shape index (κ3) is 2.87. The van der Waals surface area contributed by atoms with E-state index < -0.39 is 5.97 Å². The van der Waals surface area contributed by atoms with Gasteiger partial charge in [-0.3, -0.25) is 0 Å². The molecule has 0 aliphatic heterocycles. The van der Waals surface area contributed by atoms with E-state index in [0.29, 0.717) is 5.75 Å². The summed E-state index contributed by atoms with van der Waals surface area (Å²) in [7, 11) is 0. The van der Waals surface area contributed by atoms with Gasteiger partial charge in [0.25, 0.3) is 0 Å². The summed E-state index contributed by atoms with van der Waals surface area (Å²) in [5.74, 6) is 0.0796. The highest BCUT2D eigenvalue weighted by Gasteiger charge is 2.05. The van der Waals surface area contributed by atoms with Gasteiger partial charge in [-0.2, -0.15) is 0 Å². The van der Waals surface area contributed by atoms with E-state index in [-0.39, 0.29) is 0 Å². The van der Waals surface area contributed by atoms with Crippen LogP contribution < -0.4 is 4.74 Å². The maximum absolute atomic E-state index is 11.3. The van der Waals surface area contributed by atoms with Crippen molar-refractivity contribution in [3.05, 3.63) is 79.0 Å². The van der Waals surface area contributed by atoms with Crippen LogP contribution in [-0.2, 0) is 11.3 Å². The van der Waals surface area contributed by atoms with E-state index in [4.69, 9.17) is 4.74 Å². The lowest BCUT2D eigenvalue weighted by molar-refractivity contribution is -0.128. The molecular weight excluding hydrogens is 262 g/mol. The lowest BCUT2D eigenvalue weighted by atomic mass is 10.2. The zero-order valence-electron chi connectivity index (χ0n) is 11.5. The molecule has 0 aliphatic carbocycles. The second-order valence-corrected chi connectivity index (χ2v) is 4.78. The van der Waals surface area contributed by atoms with Crippen LogP contribution >= 0.6 is 0 Å². The zero-order chi connectivity index (χ0) is 14.7. The number of nitrogens with zero attached hydrogens (tertiary/aromatic N) is 1. The Hall–Kier alpha value is -2.81. The molecule has 0 amide bonds. The van der Waals surface area contributed by atoms with Crippen molar-refractivity contribution in [3.8, 4) is 5.75 Å². The normalized spacial score (nSPS) is 10.5. The van der Waals surface area contributed by atoms with Crippen molar-refractivity contribution in [2.75, 3.05) is 0 Å². The van der Waals surface area contributed by atoms with Gasteiger partial charge in [0.2, 0.25) is 0 Å². The van der Waals surface area contributed by atoms with Gasteiger partial charge in [0.1, 0.15) is 5.75 Å². The number of ether oxygens (including phenoxy) is 1. The summed E-state index contributed by atoms with van der Waals surface area (Å²) in [6.45, 7) is 4.18. The Kier molecular flexibility index (Phi) is 3.56. The van der Waals surface area contributed by atoms with E-state index in [9.17, 15) is 4.79 Å². The Morgan fingerprint density at radius 2 is 1.95 bits per heavy atom. The fourth-order valence-electron chi connectivity index (χ4n) is 2.30. The van der Waals surface area contributed by atoms with Crippen molar-refractivity contribution in [2.24, 2.45) is 0 Å². The van der Waals surface area contributed by atoms with E-state index in [0.717, 1.165) is 23.5 Å². The van der Waals surface area contributed by atoms with Crippen LogP contribution in [0.3, 0.4) is 0 Å². The van der Waals surface area contributed by atoms with Crippen LogP contribution in [0.2, 0.25) is 0 Å². The molecule has 3 aromatic rings. The number of hydrogen-bond acceptors (Lipinski definition) is 2. The predicted molar refractivity (Wildman–Crippen MR) is 83.3 cm³/mol. The molecule has 0 aliphatic rings. The Balaban J connectivity index is 1.94. The maximum atomic E-state index is 11.3. The monoisotopic (exact) mass is 277 g/mol. The number of carbonyl (C=O) groups excluding carboxylic acids is 1. The average Bonchev–Trinajstić information content (AvgIpc) is 2.91. The number of carbonyl (C=O) groups is 1. The Morgan fingerprint density at radius 1 is 1.14 bits per heavy atom. The molecule has 0 saturated carbocycles. The van der Waals surface area contributed by atoms with Gasteiger partial charge in [-0.05, 0) is 29.1 Å². The summed E-state index contributed by atoms with van der Waals surface area (Å²) in [5, 5.41) is 1.12. The van der Waals surface area contributed by atoms with Gasteiger partial charge >= 0.3 is 5.97 Å². The van der Waals surface area contributed by atoms with Gasteiger partial charge in [0.05, 0.1) is 5.52 Å². The number of aromatic nitrogens is 1. The van der Waals surface area contributed by atoms with Crippen molar-refractivity contribution in [2.45, 2.75) is 6.54 Å². The summed E-state index contributed by atoms with van der Waals surface area (Å²) < 4.78 is 7.31. The van der Waals surface area contributed by atoms with Crippen molar-refractivity contribution in [1.82, 2.24) is 4.57 Å². The van der Waals surface area contributed by atoms with Gasteiger partial charge in [0.15, 0.2) is 0 Å². The molecule has 1 heterocycles. The molecule has 0 bridgehead atoms. The summed E-state index contributed by atoms with van der Waals surface area (Å²) in [6.07, 6.45) is 3.20. The fraction of sp³-hybridized carbons (Fsp3) is 0.0556. The van der Waals surface area contributed by atoms with Crippen LogP contribution in [0, 0.1) is 0 Å². The fourth-order valence-corrected chi connectivity index (χ4v) is 2.30. The van der Waals surface area contributed by atoms with Crippen molar-refractivity contribution in [3.63, 3.8) is 0 Å². The summed E-state index contributed by atoms with van der Waals surface area (Å²) in [5.41, 5.74) is 2.26. The lowest BCUT2D eigenvalue weighted by Crippen LogP contribution is -2.03. The van der Waals surface area contributed by atoms with Crippen LogP contribution in [0.15, 0.2) is 73.4 Å². The van der Waals surface area contributed by atoms with Crippen LogP contribution in [0.25, 0.3) is 10.9 Å². The molecule has 0 N–H and O–H groups in total. The second-order valence-electron chi connectivity index (χ2n) is 4.78. The van der Waals surface area contributed by atoms with Gasteiger partial charge in [-0.25, -0.2) is 4.79 Å². The molecule has 104 valence electrons. The molecule has 0 radical (unpaired) electrons. The minimum atomic E-state index is -0.449. The number of hydrogen-bond donors (Lipinski definition) is 0. The molecule has 3 heteroatoms. The number of fused-ring (bicyclic) bond motifs is 1. The smallest absolute Gasteiger partial charge is 0.335 e. The highest BCUT2D eigenvalue weighted by Crippen LogP contribution is 2.23. The van der Waals surface area contributed by atoms with Gasteiger partial charge < -0.3 is 9.30 Å². The third-order valence-corrected chi connectivity index (χ3v) is 3.33. The Labute approximate surface area is 123 Å². The van der Waals surface area contributed by atoms with E-state index >= 15 is 0 Å². The molecule has 21 heavy (non-hydrogen) atoms. The van der Waals surface area contributed by atoms with Gasteiger partial charge in [-0.15, -0.1) is 0 Å². The van der Waals surface area contributed by atoms with Gasteiger partial charge in [0, 0.05) is 24.9 Å². The quantitative estimate of drug-likeness (QED) is 0.413.